The van der Waals surface area contributed by atoms with Crippen LogP contribution in [-0.2, 0) is 4.79 Å². The summed E-state index contributed by atoms with van der Waals surface area (Å²) >= 11 is 0. The molecule has 0 spiro atoms. The maximum atomic E-state index is 11.3. The van der Waals surface area contributed by atoms with Crippen LogP contribution in [0.5, 0.6) is 0 Å². The minimum atomic E-state index is -0.901. The quantitative estimate of drug-likeness (QED) is 0.581. The molecule has 1 aliphatic rings. The van der Waals surface area contributed by atoms with Crippen LogP contribution in [0.15, 0.2) is 72.9 Å². The fourth-order valence-electron chi connectivity index (χ4n) is 3.09. The Morgan fingerprint density at radius 3 is 2.12 bits per heavy atom. The van der Waals surface area contributed by atoms with Gasteiger partial charge in [-0.2, -0.15) is 5.53 Å². The highest BCUT2D eigenvalue weighted by Crippen LogP contribution is 2.26. The minimum Gasteiger partial charge on any atom is -0.480 e. The lowest BCUT2D eigenvalue weighted by molar-refractivity contribution is -0.139. The Hall–Kier alpha value is -3.06. The van der Waals surface area contributed by atoms with Crippen LogP contribution in [0.1, 0.15) is 11.6 Å². The van der Waals surface area contributed by atoms with E-state index in [1.54, 1.807) is 6.20 Å². The Kier molecular flexibility index (Phi) is 4.45. The SMILES string of the molecule is O=C(O)C1NNNC1c1ccc(-c2ccc(-c3ccccn3)cc2)cc1. The van der Waals surface area contributed by atoms with E-state index in [2.05, 4.69) is 45.6 Å². The van der Waals surface area contributed by atoms with E-state index >= 15 is 0 Å². The van der Waals surface area contributed by atoms with Crippen molar-refractivity contribution in [2.75, 3.05) is 0 Å². The summed E-state index contributed by atoms with van der Waals surface area (Å²) in [6, 6.07) is 21.0. The van der Waals surface area contributed by atoms with Gasteiger partial charge < -0.3 is 5.11 Å². The molecule has 130 valence electrons. The molecule has 0 saturated carbocycles. The van der Waals surface area contributed by atoms with E-state index in [1.165, 1.54) is 0 Å². The van der Waals surface area contributed by atoms with Gasteiger partial charge in [0, 0.05) is 11.8 Å². The summed E-state index contributed by atoms with van der Waals surface area (Å²) in [5.41, 5.74) is 13.4. The maximum absolute atomic E-state index is 11.3. The lowest BCUT2D eigenvalue weighted by Gasteiger charge is -2.15. The average molecular weight is 346 g/mol. The van der Waals surface area contributed by atoms with Gasteiger partial charge in [-0.25, -0.2) is 10.9 Å². The molecule has 2 atom stereocenters. The fourth-order valence-corrected chi connectivity index (χ4v) is 3.09. The van der Waals surface area contributed by atoms with Gasteiger partial charge in [-0.05, 0) is 28.8 Å². The number of nitrogens with zero attached hydrogens (tertiary/aromatic N) is 1. The second-order valence-corrected chi connectivity index (χ2v) is 6.12. The molecule has 26 heavy (non-hydrogen) atoms. The zero-order valence-corrected chi connectivity index (χ0v) is 13.9. The number of hydrogen-bond acceptors (Lipinski definition) is 5. The molecular weight excluding hydrogens is 328 g/mol. The standard InChI is InChI=1S/C20H18N4O2/c25-20(26)19-18(22-24-23-19)16-10-6-14(7-11-16)13-4-8-15(9-5-13)17-3-1-2-12-21-17/h1-12,18-19,22-24H,(H,25,26). The van der Waals surface area contributed by atoms with E-state index in [1.807, 2.05) is 42.5 Å². The number of pyridine rings is 1. The van der Waals surface area contributed by atoms with Gasteiger partial charge in [-0.15, -0.1) is 0 Å². The Morgan fingerprint density at radius 2 is 1.50 bits per heavy atom. The number of rotatable bonds is 4. The number of benzene rings is 2. The summed E-state index contributed by atoms with van der Waals surface area (Å²) in [7, 11) is 0. The van der Waals surface area contributed by atoms with Gasteiger partial charge in [0.25, 0.3) is 0 Å². The molecule has 4 rings (SSSR count). The summed E-state index contributed by atoms with van der Waals surface area (Å²) in [6.45, 7) is 0. The van der Waals surface area contributed by atoms with Crippen molar-refractivity contribution in [2.24, 2.45) is 0 Å². The van der Waals surface area contributed by atoms with Crippen molar-refractivity contribution in [3.8, 4) is 22.4 Å². The molecule has 6 heteroatoms. The Morgan fingerprint density at radius 1 is 0.846 bits per heavy atom. The van der Waals surface area contributed by atoms with E-state index in [0.717, 1.165) is 27.9 Å². The molecule has 6 nitrogen and oxygen atoms in total. The molecule has 1 aromatic heterocycles. The van der Waals surface area contributed by atoms with Crippen molar-refractivity contribution in [1.29, 1.82) is 0 Å². The molecule has 0 aliphatic carbocycles. The van der Waals surface area contributed by atoms with Crippen molar-refractivity contribution < 1.29 is 9.90 Å². The highest BCUT2D eigenvalue weighted by Gasteiger charge is 2.33. The van der Waals surface area contributed by atoms with E-state index in [-0.39, 0.29) is 6.04 Å². The van der Waals surface area contributed by atoms with Crippen LogP contribution in [0, 0.1) is 0 Å². The molecule has 0 amide bonds. The highest BCUT2D eigenvalue weighted by atomic mass is 16.4. The second kappa shape index (κ2) is 7.05. The normalized spacial score (nSPS) is 19.4. The molecule has 0 radical (unpaired) electrons. The first-order valence-electron chi connectivity index (χ1n) is 8.33. The number of carboxylic acids is 1. The average Bonchev–Trinajstić information content (AvgIpc) is 3.19. The number of nitrogens with one attached hydrogen (secondary N) is 3. The monoisotopic (exact) mass is 346 g/mol. The van der Waals surface area contributed by atoms with Gasteiger partial charge in [0.15, 0.2) is 0 Å². The smallest absolute Gasteiger partial charge is 0.324 e. The third-order valence-corrected chi connectivity index (χ3v) is 4.50. The topological polar surface area (TPSA) is 86.3 Å². The predicted octanol–water partition coefficient (Wildman–Crippen LogP) is 2.52. The number of aromatic nitrogens is 1. The molecule has 2 unspecified atom stereocenters. The summed E-state index contributed by atoms with van der Waals surface area (Å²) < 4.78 is 0. The first-order chi connectivity index (χ1) is 12.7. The third-order valence-electron chi connectivity index (χ3n) is 4.50. The number of aliphatic carboxylic acids is 1. The number of carbonyl (C=O) groups is 1. The Labute approximate surface area is 150 Å². The molecule has 1 saturated heterocycles. The summed E-state index contributed by atoms with van der Waals surface area (Å²) in [5, 5.41) is 9.25. The van der Waals surface area contributed by atoms with Gasteiger partial charge in [0.05, 0.1) is 11.7 Å². The van der Waals surface area contributed by atoms with Crippen LogP contribution in [0.2, 0.25) is 0 Å². The lowest BCUT2D eigenvalue weighted by atomic mass is 9.97. The van der Waals surface area contributed by atoms with Gasteiger partial charge >= 0.3 is 5.97 Å². The van der Waals surface area contributed by atoms with Gasteiger partial charge in [-0.1, -0.05) is 54.6 Å². The molecule has 0 bridgehead atoms. The van der Waals surface area contributed by atoms with Crippen LogP contribution >= 0.6 is 0 Å². The van der Waals surface area contributed by atoms with E-state index < -0.39 is 12.0 Å². The molecule has 4 N–H and O–H groups in total. The number of hydrogen-bond donors (Lipinski definition) is 4. The molecular formula is C20H18N4O2. The van der Waals surface area contributed by atoms with Gasteiger partial charge in [0.1, 0.15) is 6.04 Å². The van der Waals surface area contributed by atoms with Crippen LogP contribution in [0.3, 0.4) is 0 Å². The summed E-state index contributed by atoms with van der Waals surface area (Å²) in [5.74, 6) is -0.901. The van der Waals surface area contributed by atoms with Crippen molar-refractivity contribution in [1.82, 2.24) is 21.4 Å². The summed E-state index contributed by atoms with van der Waals surface area (Å²) in [6.07, 6.45) is 1.78. The lowest BCUT2D eigenvalue weighted by Crippen LogP contribution is -2.38. The summed E-state index contributed by atoms with van der Waals surface area (Å²) in [4.78, 5) is 15.6. The highest BCUT2D eigenvalue weighted by molar-refractivity contribution is 5.75. The molecule has 2 aromatic carbocycles. The molecule has 1 fully saturated rings. The zero-order chi connectivity index (χ0) is 17.9. The first-order valence-corrected chi connectivity index (χ1v) is 8.33. The molecule has 1 aliphatic heterocycles. The zero-order valence-electron chi connectivity index (χ0n) is 13.9. The van der Waals surface area contributed by atoms with Crippen molar-refractivity contribution >= 4 is 5.97 Å². The molecule has 3 aromatic rings. The number of carboxylic acid groups (broad SMARTS) is 1. The van der Waals surface area contributed by atoms with E-state index in [0.29, 0.717) is 0 Å². The van der Waals surface area contributed by atoms with Crippen molar-refractivity contribution in [3.63, 3.8) is 0 Å². The van der Waals surface area contributed by atoms with Crippen LogP contribution in [0.4, 0.5) is 0 Å². The molecule has 2 heterocycles. The van der Waals surface area contributed by atoms with E-state index in [4.69, 9.17) is 0 Å². The first kappa shape index (κ1) is 16.4. The van der Waals surface area contributed by atoms with Crippen LogP contribution in [-0.4, -0.2) is 22.1 Å². The minimum absolute atomic E-state index is 0.326. The van der Waals surface area contributed by atoms with Gasteiger partial charge in [0.2, 0.25) is 0 Å². The van der Waals surface area contributed by atoms with Crippen LogP contribution < -0.4 is 16.4 Å². The van der Waals surface area contributed by atoms with Gasteiger partial charge in [-0.3, -0.25) is 9.78 Å². The fraction of sp³-hybridized carbons (Fsp3) is 0.100. The third kappa shape index (κ3) is 3.21. The van der Waals surface area contributed by atoms with Crippen molar-refractivity contribution in [2.45, 2.75) is 12.1 Å². The van der Waals surface area contributed by atoms with E-state index in [9.17, 15) is 9.90 Å². The van der Waals surface area contributed by atoms with Crippen molar-refractivity contribution in [3.05, 3.63) is 78.5 Å². The Balaban J connectivity index is 1.55. The maximum Gasteiger partial charge on any atom is 0.324 e. The van der Waals surface area contributed by atoms with Crippen LogP contribution in [0.25, 0.3) is 22.4 Å². The second-order valence-electron chi connectivity index (χ2n) is 6.12. The number of hydrazine groups is 2. The largest absolute Gasteiger partial charge is 0.480 e. The predicted molar refractivity (Wildman–Crippen MR) is 98.7 cm³/mol. The Bertz CT molecular complexity index is 895.